The van der Waals surface area contributed by atoms with Crippen LogP contribution in [0.25, 0.3) is 0 Å². The molecule has 1 amide bonds. The minimum absolute atomic E-state index is 0.248. The molecule has 2 rings (SSSR count). The second-order valence-electron chi connectivity index (χ2n) is 5.42. The minimum atomic E-state index is 0.248. The Balaban J connectivity index is 1.81. The Hall–Kier alpha value is -1.10. The van der Waals surface area contributed by atoms with E-state index in [2.05, 4.69) is 10.1 Å². The maximum Gasteiger partial charge on any atom is 0.236 e. The molecule has 0 aromatic heterocycles. The second-order valence-corrected chi connectivity index (χ2v) is 5.42. The standard InChI is InChI=1S/C13H23N3O2/c1-11-9-15(8-5-12(11)14-18)10-13(17)16-6-3-2-4-7-16/h11,18H,2-10H2,1H3. The highest BCUT2D eigenvalue weighted by Crippen LogP contribution is 2.15. The molecule has 2 saturated heterocycles. The lowest BCUT2D eigenvalue weighted by Crippen LogP contribution is -2.47. The third-order valence-electron chi connectivity index (χ3n) is 3.98. The average Bonchev–Trinajstić information content (AvgIpc) is 2.40. The highest BCUT2D eigenvalue weighted by molar-refractivity contribution is 5.87. The summed E-state index contributed by atoms with van der Waals surface area (Å²) in [5.74, 6) is 0.504. The molecule has 1 N–H and O–H groups in total. The lowest BCUT2D eigenvalue weighted by molar-refractivity contribution is -0.133. The van der Waals surface area contributed by atoms with Crippen molar-refractivity contribution in [2.45, 2.75) is 32.6 Å². The SMILES string of the molecule is CC1CN(CC(=O)N2CCCCC2)CCC1=NO. The fraction of sp³-hybridized carbons (Fsp3) is 0.846. The predicted octanol–water partition coefficient (Wildman–Crippen LogP) is 1.17. The van der Waals surface area contributed by atoms with Gasteiger partial charge in [-0.2, -0.15) is 0 Å². The minimum Gasteiger partial charge on any atom is -0.411 e. The van der Waals surface area contributed by atoms with Crippen LogP contribution in [0.4, 0.5) is 0 Å². The van der Waals surface area contributed by atoms with E-state index in [0.29, 0.717) is 6.54 Å². The first-order chi connectivity index (χ1) is 8.70. The summed E-state index contributed by atoms with van der Waals surface area (Å²) >= 11 is 0. The van der Waals surface area contributed by atoms with Crippen molar-refractivity contribution < 1.29 is 10.0 Å². The van der Waals surface area contributed by atoms with E-state index in [1.165, 1.54) is 6.42 Å². The van der Waals surface area contributed by atoms with Crippen LogP contribution >= 0.6 is 0 Å². The number of carbonyl (C=O) groups excluding carboxylic acids is 1. The molecule has 18 heavy (non-hydrogen) atoms. The van der Waals surface area contributed by atoms with Gasteiger partial charge >= 0.3 is 0 Å². The van der Waals surface area contributed by atoms with Gasteiger partial charge in [0.1, 0.15) is 0 Å². The number of piperidine rings is 2. The Kier molecular flexibility index (Phi) is 4.58. The Labute approximate surface area is 108 Å². The fourth-order valence-electron chi connectivity index (χ4n) is 2.83. The Morgan fingerprint density at radius 1 is 1.33 bits per heavy atom. The molecule has 1 atom stereocenters. The fourth-order valence-corrected chi connectivity index (χ4v) is 2.83. The number of hydrogen-bond acceptors (Lipinski definition) is 4. The van der Waals surface area contributed by atoms with E-state index in [4.69, 9.17) is 5.21 Å². The zero-order valence-corrected chi connectivity index (χ0v) is 11.1. The van der Waals surface area contributed by atoms with Crippen LogP contribution in [0.2, 0.25) is 0 Å². The highest BCUT2D eigenvalue weighted by Gasteiger charge is 2.25. The van der Waals surface area contributed by atoms with E-state index in [1.807, 2.05) is 11.8 Å². The first-order valence-electron chi connectivity index (χ1n) is 6.91. The highest BCUT2D eigenvalue weighted by atomic mass is 16.4. The second kappa shape index (κ2) is 6.18. The topological polar surface area (TPSA) is 56.1 Å². The van der Waals surface area contributed by atoms with Crippen LogP contribution < -0.4 is 0 Å². The molecule has 0 aliphatic carbocycles. The molecule has 0 spiro atoms. The van der Waals surface area contributed by atoms with E-state index in [-0.39, 0.29) is 11.8 Å². The van der Waals surface area contributed by atoms with Crippen molar-refractivity contribution in [3.8, 4) is 0 Å². The van der Waals surface area contributed by atoms with Gasteiger partial charge in [-0.15, -0.1) is 0 Å². The zero-order chi connectivity index (χ0) is 13.0. The van der Waals surface area contributed by atoms with Gasteiger partial charge in [0, 0.05) is 38.5 Å². The summed E-state index contributed by atoms with van der Waals surface area (Å²) in [6, 6.07) is 0. The molecule has 1 unspecified atom stereocenters. The molecule has 0 radical (unpaired) electrons. The van der Waals surface area contributed by atoms with E-state index >= 15 is 0 Å². The Morgan fingerprint density at radius 3 is 2.67 bits per heavy atom. The van der Waals surface area contributed by atoms with Gasteiger partial charge in [0.25, 0.3) is 0 Å². The summed E-state index contributed by atoms with van der Waals surface area (Å²) in [6.45, 7) is 6.05. The van der Waals surface area contributed by atoms with E-state index in [1.54, 1.807) is 0 Å². The first kappa shape index (κ1) is 13.3. The number of amides is 1. The molecular weight excluding hydrogens is 230 g/mol. The van der Waals surface area contributed by atoms with Gasteiger partial charge in [0.15, 0.2) is 0 Å². The summed E-state index contributed by atoms with van der Waals surface area (Å²) in [5.41, 5.74) is 0.858. The van der Waals surface area contributed by atoms with Crippen LogP contribution in [-0.2, 0) is 4.79 Å². The largest absolute Gasteiger partial charge is 0.411 e. The predicted molar refractivity (Wildman–Crippen MR) is 69.9 cm³/mol. The van der Waals surface area contributed by atoms with Crippen LogP contribution in [0.15, 0.2) is 5.16 Å². The summed E-state index contributed by atoms with van der Waals surface area (Å²) in [7, 11) is 0. The average molecular weight is 253 g/mol. The molecule has 2 aliphatic heterocycles. The van der Waals surface area contributed by atoms with E-state index in [9.17, 15) is 4.79 Å². The molecule has 0 aromatic carbocycles. The van der Waals surface area contributed by atoms with Gasteiger partial charge in [0.2, 0.25) is 5.91 Å². The maximum absolute atomic E-state index is 12.1. The van der Waals surface area contributed by atoms with Crippen molar-refractivity contribution in [3.05, 3.63) is 0 Å². The number of nitrogens with zero attached hydrogens (tertiary/aromatic N) is 3. The van der Waals surface area contributed by atoms with Crippen LogP contribution in [0.5, 0.6) is 0 Å². The Bertz CT molecular complexity index is 324. The third kappa shape index (κ3) is 3.22. The molecule has 2 fully saturated rings. The third-order valence-corrected chi connectivity index (χ3v) is 3.98. The summed E-state index contributed by atoms with van der Waals surface area (Å²) in [4.78, 5) is 16.3. The summed E-state index contributed by atoms with van der Waals surface area (Å²) in [5, 5.41) is 12.2. The van der Waals surface area contributed by atoms with Crippen molar-refractivity contribution >= 4 is 11.6 Å². The first-order valence-corrected chi connectivity index (χ1v) is 6.91. The molecule has 5 heteroatoms. The van der Waals surface area contributed by atoms with Crippen molar-refractivity contribution in [2.75, 3.05) is 32.7 Å². The van der Waals surface area contributed by atoms with Crippen LogP contribution in [0, 0.1) is 5.92 Å². The van der Waals surface area contributed by atoms with E-state index in [0.717, 1.165) is 51.2 Å². The molecule has 102 valence electrons. The number of hydrogen-bond donors (Lipinski definition) is 1. The van der Waals surface area contributed by atoms with Gasteiger partial charge < -0.3 is 10.1 Å². The van der Waals surface area contributed by atoms with Gasteiger partial charge in [-0.1, -0.05) is 12.1 Å². The smallest absolute Gasteiger partial charge is 0.236 e. The number of rotatable bonds is 2. The lowest BCUT2D eigenvalue weighted by atomic mass is 9.97. The summed E-state index contributed by atoms with van der Waals surface area (Å²) in [6.07, 6.45) is 4.30. The van der Waals surface area contributed by atoms with E-state index < -0.39 is 0 Å². The van der Waals surface area contributed by atoms with Gasteiger partial charge in [-0.25, -0.2) is 0 Å². The van der Waals surface area contributed by atoms with Crippen molar-refractivity contribution in [1.29, 1.82) is 0 Å². The van der Waals surface area contributed by atoms with Crippen LogP contribution in [0.3, 0.4) is 0 Å². The van der Waals surface area contributed by atoms with Crippen molar-refractivity contribution in [2.24, 2.45) is 11.1 Å². The zero-order valence-electron chi connectivity index (χ0n) is 11.1. The molecular formula is C13H23N3O2. The van der Waals surface area contributed by atoms with Crippen LogP contribution in [-0.4, -0.2) is 59.3 Å². The molecule has 0 aromatic rings. The molecule has 5 nitrogen and oxygen atoms in total. The van der Waals surface area contributed by atoms with Crippen molar-refractivity contribution in [3.63, 3.8) is 0 Å². The summed E-state index contributed by atoms with van der Waals surface area (Å²) < 4.78 is 0. The molecule has 0 bridgehead atoms. The van der Waals surface area contributed by atoms with Gasteiger partial charge in [0.05, 0.1) is 12.3 Å². The number of carbonyl (C=O) groups is 1. The Morgan fingerprint density at radius 2 is 2.06 bits per heavy atom. The number of likely N-dealkylation sites (tertiary alicyclic amines) is 2. The quantitative estimate of drug-likeness (QED) is 0.593. The van der Waals surface area contributed by atoms with Crippen LogP contribution in [0.1, 0.15) is 32.6 Å². The molecule has 0 saturated carbocycles. The van der Waals surface area contributed by atoms with Crippen molar-refractivity contribution in [1.82, 2.24) is 9.80 Å². The number of oxime groups is 1. The maximum atomic E-state index is 12.1. The van der Waals surface area contributed by atoms with Gasteiger partial charge in [-0.05, 0) is 19.3 Å². The molecule has 2 heterocycles. The normalized spacial score (nSPS) is 28.6. The van der Waals surface area contributed by atoms with Gasteiger partial charge in [-0.3, -0.25) is 9.69 Å². The molecule has 2 aliphatic rings. The lowest BCUT2D eigenvalue weighted by Gasteiger charge is -2.33. The monoisotopic (exact) mass is 253 g/mol.